The molecule has 0 aliphatic carbocycles. The fourth-order valence-corrected chi connectivity index (χ4v) is 4.28. The molecule has 0 spiro atoms. The van der Waals surface area contributed by atoms with Crippen LogP contribution in [0.5, 0.6) is 0 Å². The number of fused-ring (bicyclic) bond motifs is 2. The number of pyridine rings is 1. The van der Waals surface area contributed by atoms with Gasteiger partial charge < -0.3 is 14.2 Å². The first-order valence-electron chi connectivity index (χ1n) is 10.7. The highest BCUT2D eigenvalue weighted by atomic mass is 16.5. The van der Waals surface area contributed by atoms with Gasteiger partial charge in [-0.15, -0.1) is 0 Å². The van der Waals surface area contributed by atoms with Crippen molar-refractivity contribution in [1.82, 2.24) is 14.3 Å². The molecule has 0 saturated carbocycles. The summed E-state index contributed by atoms with van der Waals surface area (Å²) < 4.78 is 8.42. The Morgan fingerprint density at radius 2 is 1.84 bits per heavy atom. The van der Waals surface area contributed by atoms with Crippen molar-refractivity contribution in [1.29, 1.82) is 0 Å². The maximum absolute atomic E-state index is 13.8. The zero-order chi connectivity index (χ0) is 22.1. The average molecular weight is 428 g/mol. The fourth-order valence-electron chi connectivity index (χ4n) is 4.28. The average Bonchev–Trinajstić information content (AvgIpc) is 3.18. The molecular weight excluding hydrogens is 404 g/mol. The van der Waals surface area contributed by atoms with Gasteiger partial charge in [0.1, 0.15) is 5.69 Å². The van der Waals surface area contributed by atoms with E-state index in [1.807, 2.05) is 53.1 Å². The number of carbonyl (C=O) groups is 1. The topological polar surface area (TPSA) is 69.4 Å². The van der Waals surface area contributed by atoms with Crippen LogP contribution in [0, 0.1) is 0 Å². The van der Waals surface area contributed by atoms with E-state index in [0.717, 1.165) is 24.1 Å². The Labute approximate surface area is 185 Å². The number of nitrogens with zero attached hydrogens (tertiary/aromatic N) is 4. The van der Waals surface area contributed by atoms with E-state index >= 15 is 0 Å². The third kappa shape index (κ3) is 3.50. The Kier molecular flexibility index (Phi) is 5.33. The van der Waals surface area contributed by atoms with E-state index in [9.17, 15) is 9.59 Å². The number of hydrogen-bond acceptors (Lipinski definition) is 4. The molecular formula is C25H24N4O3. The maximum Gasteiger partial charge on any atom is 0.282 e. The summed E-state index contributed by atoms with van der Waals surface area (Å²) in [6, 6.07) is 17.2. The highest BCUT2D eigenvalue weighted by Crippen LogP contribution is 2.30. The van der Waals surface area contributed by atoms with Gasteiger partial charge in [-0.3, -0.25) is 9.59 Å². The van der Waals surface area contributed by atoms with Gasteiger partial charge in [0.15, 0.2) is 0 Å². The normalized spacial score (nSPS) is 13.3. The molecule has 0 N–H and O–H groups in total. The van der Waals surface area contributed by atoms with Gasteiger partial charge in [-0.25, -0.2) is 0 Å². The van der Waals surface area contributed by atoms with Crippen LogP contribution in [-0.2, 0) is 17.7 Å². The van der Waals surface area contributed by atoms with Crippen LogP contribution in [-0.4, -0.2) is 40.5 Å². The molecule has 162 valence electrons. The predicted octanol–water partition coefficient (Wildman–Crippen LogP) is 3.38. The number of ether oxygens (including phenoxy) is 1. The van der Waals surface area contributed by atoms with Crippen molar-refractivity contribution in [2.75, 3.05) is 25.2 Å². The summed E-state index contributed by atoms with van der Waals surface area (Å²) in [4.78, 5) is 28.8. The molecule has 0 saturated heterocycles. The van der Waals surface area contributed by atoms with E-state index in [0.29, 0.717) is 42.2 Å². The van der Waals surface area contributed by atoms with Crippen LogP contribution in [0.15, 0.2) is 71.8 Å². The number of methoxy groups -OCH3 is 1. The van der Waals surface area contributed by atoms with Crippen LogP contribution in [0.4, 0.5) is 5.69 Å². The number of carbonyl (C=O) groups excluding carboxylic acids is 1. The highest BCUT2D eigenvalue weighted by molar-refractivity contribution is 6.10. The molecule has 7 heteroatoms. The first kappa shape index (κ1) is 20.2. The Bertz CT molecular complexity index is 1290. The van der Waals surface area contributed by atoms with Gasteiger partial charge in [-0.05, 0) is 36.6 Å². The Morgan fingerprint density at radius 3 is 2.66 bits per heavy atom. The predicted molar refractivity (Wildman–Crippen MR) is 123 cm³/mol. The molecule has 0 atom stereocenters. The second-order valence-electron chi connectivity index (χ2n) is 7.91. The summed E-state index contributed by atoms with van der Waals surface area (Å²) in [5, 5.41) is 4.59. The Morgan fingerprint density at radius 1 is 1.06 bits per heavy atom. The number of benzene rings is 2. The molecule has 0 fully saturated rings. The minimum atomic E-state index is -0.244. The molecule has 2 aromatic rings. The van der Waals surface area contributed by atoms with Crippen molar-refractivity contribution in [3.05, 3.63) is 88.5 Å². The number of aryl methyl sites for hydroxylation is 1. The van der Waals surface area contributed by atoms with Crippen molar-refractivity contribution in [2.45, 2.75) is 19.4 Å². The van der Waals surface area contributed by atoms with Gasteiger partial charge in [-0.1, -0.05) is 36.4 Å². The van der Waals surface area contributed by atoms with Gasteiger partial charge in [-0.2, -0.15) is 9.78 Å². The Balaban J connectivity index is 1.66. The summed E-state index contributed by atoms with van der Waals surface area (Å²) >= 11 is 0. The summed E-state index contributed by atoms with van der Waals surface area (Å²) in [6.45, 7) is 1.63. The van der Waals surface area contributed by atoms with Crippen LogP contribution in [0.2, 0.25) is 0 Å². The molecule has 0 bridgehead atoms. The quantitative estimate of drug-likeness (QED) is 0.489. The molecule has 7 nitrogen and oxygen atoms in total. The second kappa shape index (κ2) is 8.43. The Hall–Kier alpha value is -3.71. The summed E-state index contributed by atoms with van der Waals surface area (Å²) in [6.07, 6.45) is 5.38. The standard InChI is InChI=1S/C25H24N4O3/c1-32-15-14-27-16-20(24(30)28-13-7-9-18-8-5-6-12-22(18)28)23-21(17-27)25(31)29(26-23)19-10-3-2-4-11-19/h2-6,8,10-12,16-17H,7,9,13-15H2,1H3. The van der Waals surface area contributed by atoms with Gasteiger partial charge in [0.2, 0.25) is 0 Å². The smallest absolute Gasteiger partial charge is 0.282 e. The molecule has 0 unspecified atom stereocenters. The third-order valence-electron chi connectivity index (χ3n) is 5.86. The molecule has 5 rings (SSSR count). The summed E-state index contributed by atoms with van der Waals surface area (Å²) in [7, 11) is 1.63. The number of aromatic nitrogens is 3. The molecule has 3 heterocycles. The molecule has 1 amide bonds. The molecule has 3 aliphatic rings. The van der Waals surface area contributed by atoms with Crippen molar-refractivity contribution >= 4 is 11.6 Å². The minimum Gasteiger partial charge on any atom is -0.383 e. The van der Waals surface area contributed by atoms with Crippen LogP contribution >= 0.6 is 0 Å². The van der Waals surface area contributed by atoms with Gasteiger partial charge >= 0.3 is 0 Å². The number of rotatable bonds is 5. The largest absolute Gasteiger partial charge is 0.383 e. The highest BCUT2D eigenvalue weighted by Gasteiger charge is 2.29. The molecule has 32 heavy (non-hydrogen) atoms. The maximum atomic E-state index is 13.8. The van der Waals surface area contributed by atoms with E-state index in [4.69, 9.17) is 4.74 Å². The van der Waals surface area contributed by atoms with Crippen LogP contribution in [0.25, 0.3) is 16.9 Å². The number of anilines is 1. The minimum absolute atomic E-state index is 0.147. The number of amides is 1. The molecule has 0 radical (unpaired) electrons. The first-order valence-corrected chi connectivity index (χ1v) is 10.7. The van der Waals surface area contributed by atoms with Crippen molar-refractivity contribution in [3.63, 3.8) is 0 Å². The zero-order valence-corrected chi connectivity index (χ0v) is 17.9. The number of hydrogen-bond donors (Lipinski definition) is 0. The lowest BCUT2D eigenvalue weighted by Crippen LogP contribution is -2.36. The third-order valence-corrected chi connectivity index (χ3v) is 5.86. The van der Waals surface area contributed by atoms with E-state index in [2.05, 4.69) is 11.2 Å². The van der Waals surface area contributed by atoms with Crippen LogP contribution < -0.4 is 10.5 Å². The fraction of sp³-hybridized carbons (Fsp3) is 0.240. The van der Waals surface area contributed by atoms with E-state index < -0.39 is 0 Å². The van der Waals surface area contributed by atoms with Crippen LogP contribution in [0.1, 0.15) is 22.3 Å². The van der Waals surface area contributed by atoms with E-state index in [1.165, 1.54) is 4.68 Å². The second-order valence-corrected chi connectivity index (χ2v) is 7.91. The lowest BCUT2D eigenvalue weighted by molar-refractivity contribution is 0.0984. The lowest BCUT2D eigenvalue weighted by atomic mass is 10.00. The van der Waals surface area contributed by atoms with Gasteiger partial charge in [0, 0.05) is 38.3 Å². The summed E-state index contributed by atoms with van der Waals surface area (Å²) in [5.74, 6) is -0.147. The molecule has 0 aromatic heterocycles. The van der Waals surface area contributed by atoms with Crippen molar-refractivity contribution in [2.24, 2.45) is 0 Å². The SMILES string of the molecule is COCCn1cc(C(=O)N2CCCc3ccccc32)c2nn(-c3ccccc3)c(=O)c-2c1. The zero-order valence-electron chi connectivity index (χ0n) is 17.9. The van der Waals surface area contributed by atoms with Crippen LogP contribution in [0.3, 0.4) is 0 Å². The lowest BCUT2D eigenvalue weighted by Gasteiger charge is -2.30. The first-order chi connectivity index (χ1) is 15.7. The summed E-state index contributed by atoms with van der Waals surface area (Å²) in [5.41, 5.74) is 3.76. The van der Waals surface area contributed by atoms with Crippen molar-refractivity contribution in [3.8, 4) is 16.9 Å². The van der Waals surface area contributed by atoms with Gasteiger partial charge in [0.25, 0.3) is 11.5 Å². The number of para-hydroxylation sites is 2. The van der Waals surface area contributed by atoms with Crippen molar-refractivity contribution < 1.29 is 9.53 Å². The molecule has 2 aromatic carbocycles. The molecule has 3 aliphatic heterocycles. The van der Waals surface area contributed by atoms with Gasteiger partial charge in [0.05, 0.1) is 23.4 Å². The monoisotopic (exact) mass is 428 g/mol. The van der Waals surface area contributed by atoms with E-state index in [-0.39, 0.29) is 11.5 Å². The van der Waals surface area contributed by atoms with E-state index in [1.54, 1.807) is 24.4 Å².